The molecule has 0 aromatic heterocycles. The van der Waals surface area contributed by atoms with Crippen molar-refractivity contribution in [2.24, 2.45) is 5.10 Å². The third kappa shape index (κ3) is 6.79. The number of hydrogen-bond donors (Lipinski definition) is 1. The molecule has 0 saturated carbocycles. The van der Waals surface area contributed by atoms with Gasteiger partial charge in [-0.3, -0.25) is 4.79 Å². The van der Waals surface area contributed by atoms with Gasteiger partial charge in [0.25, 0.3) is 5.91 Å². The number of aryl methyl sites for hydroxylation is 2. The summed E-state index contributed by atoms with van der Waals surface area (Å²) in [5.41, 5.74) is 5.38. The molecule has 0 aliphatic heterocycles. The molecule has 0 saturated heterocycles. The fourth-order valence-corrected chi connectivity index (χ4v) is 3.08. The summed E-state index contributed by atoms with van der Waals surface area (Å²) in [5, 5.41) is 3.95. The van der Waals surface area contributed by atoms with Crippen molar-refractivity contribution < 1.29 is 19.1 Å². The van der Waals surface area contributed by atoms with Crippen molar-refractivity contribution in [1.29, 1.82) is 0 Å². The lowest BCUT2D eigenvalue weighted by atomic mass is 10.1. The number of rotatable bonds is 7. The van der Waals surface area contributed by atoms with E-state index in [9.17, 15) is 9.59 Å². The van der Waals surface area contributed by atoms with Gasteiger partial charge in [-0.05, 0) is 61.9 Å². The monoisotopic (exact) mass is 480 g/mol. The highest BCUT2D eigenvalue weighted by atomic mass is 79.9. The number of benzene rings is 3. The zero-order chi connectivity index (χ0) is 22.2. The summed E-state index contributed by atoms with van der Waals surface area (Å²) < 4.78 is 11.7. The molecule has 0 atom stereocenters. The third-order valence-electron chi connectivity index (χ3n) is 4.18. The van der Waals surface area contributed by atoms with Gasteiger partial charge in [0.15, 0.2) is 6.61 Å². The highest BCUT2D eigenvalue weighted by molar-refractivity contribution is 9.10. The lowest BCUT2D eigenvalue weighted by molar-refractivity contribution is -0.123. The Bertz CT molecular complexity index is 1130. The van der Waals surface area contributed by atoms with Crippen molar-refractivity contribution in [2.75, 3.05) is 6.61 Å². The predicted octanol–water partition coefficient (Wildman–Crippen LogP) is 4.81. The minimum absolute atomic E-state index is 0.172. The van der Waals surface area contributed by atoms with E-state index in [1.54, 1.807) is 42.5 Å². The minimum atomic E-state index is -0.476. The van der Waals surface area contributed by atoms with Crippen molar-refractivity contribution >= 4 is 34.0 Å². The van der Waals surface area contributed by atoms with Gasteiger partial charge in [-0.15, -0.1) is 0 Å². The highest BCUT2D eigenvalue weighted by Crippen LogP contribution is 2.23. The standard InChI is InChI=1S/C24H21BrN2O4/c1-16-5-3-7-18(11-16)24(29)31-22-10-9-20(25)13-19(22)14-26-27-23(28)15-30-21-8-4-6-17(2)12-21/h3-14H,15H2,1-2H3,(H,27,28). The van der Waals surface area contributed by atoms with Gasteiger partial charge in [0.1, 0.15) is 11.5 Å². The van der Waals surface area contributed by atoms with Crippen LogP contribution in [0.1, 0.15) is 27.0 Å². The summed E-state index contributed by atoms with van der Waals surface area (Å²) in [6, 6.07) is 19.7. The van der Waals surface area contributed by atoms with E-state index in [4.69, 9.17) is 9.47 Å². The second kappa shape index (κ2) is 10.5. The van der Waals surface area contributed by atoms with E-state index < -0.39 is 11.9 Å². The maximum Gasteiger partial charge on any atom is 0.343 e. The molecule has 3 aromatic carbocycles. The van der Waals surface area contributed by atoms with E-state index in [1.165, 1.54) is 6.21 Å². The predicted molar refractivity (Wildman–Crippen MR) is 123 cm³/mol. The number of amides is 1. The van der Waals surface area contributed by atoms with Crippen molar-refractivity contribution in [2.45, 2.75) is 13.8 Å². The molecule has 31 heavy (non-hydrogen) atoms. The number of hydrazone groups is 1. The molecule has 1 amide bonds. The summed E-state index contributed by atoms with van der Waals surface area (Å²) in [6.45, 7) is 3.67. The minimum Gasteiger partial charge on any atom is -0.484 e. The Morgan fingerprint density at radius 3 is 2.48 bits per heavy atom. The highest BCUT2D eigenvalue weighted by Gasteiger charge is 2.12. The number of nitrogens with one attached hydrogen (secondary N) is 1. The zero-order valence-corrected chi connectivity index (χ0v) is 18.7. The van der Waals surface area contributed by atoms with Gasteiger partial charge in [0.2, 0.25) is 0 Å². The van der Waals surface area contributed by atoms with E-state index in [0.29, 0.717) is 22.6 Å². The second-order valence-corrected chi connectivity index (χ2v) is 7.76. The first kappa shape index (κ1) is 22.2. The van der Waals surface area contributed by atoms with Gasteiger partial charge in [0, 0.05) is 10.0 Å². The maximum absolute atomic E-state index is 12.5. The maximum atomic E-state index is 12.5. The first-order valence-corrected chi connectivity index (χ1v) is 10.3. The topological polar surface area (TPSA) is 77.0 Å². The smallest absolute Gasteiger partial charge is 0.343 e. The number of carbonyl (C=O) groups is 2. The largest absolute Gasteiger partial charge is 0.484 e. The number of hydrogen-bond acceptors (Lipinski definition) is 5. The van der Waals surface area contributed by atoms with Crippen LogP contribution in [0.3, 0.4) is 0 Å². The molecule has 1 N–H and O–H groups in total. The van der Waals surface area contributed by atoms with E-state index >= 15 is 0 Å². The molecular weight excluding hydrogens is 460 g/mol. The number of nitrogens with zero attached hydrogens (tertiary/aromatic N) is 1. The lowest BCUT2D eigenvalue weighted by Crippen LogP contribution is -2.24. The fraction of sp³-hybridized carbons (Fsp3) is 0.125. The van der Waals surface area contributed by atoms with Crippen LogP contribution in [-0.2, 0) is 4.79 Å². The van der Waals surface area contributed by atoms with Crippen LogP contribution < -0.4 is 14.9 Å². The number of ether oxygens (including phenoxy) is 2. The summed E-state index contributed by atoms with van der Waals surface area (Å²) in [7, 11) is 0. The van der Waals surface area contributed by atoms with Gasteiger partial charge < -0.3 is 9.47 Å². The average molecular weight is 481 g/mol. The van der Waals surface area contributed by atoms with Crippen molar-refractivity contribution in [1.82, 2.24) is 5.43 Å². The van der Waals surface area contributed by atoms with Crippen molar-refractivity contribution in [3.05, 3.63) is 93.5 Å². The van der Waals surface area contributed by atoms with Crippen LogP contribution in [0.25, 0.3) is 0 Å². The molecular formula is C24H21BrN2O4. The fourth-order valence-electron chi connectivity index (χ4n) is 2.70. The first-order valence-electron chi connectivity index (χ1n) is 9.50. The quantitative estimate of drug-likeness (QED) is 0.227. The summed E-state index contributed by atoms with van der Waals surface area (Å²) in [5.74, 6) is 0.0440. The molecule has 3 aromatic rings. The Morgan fingerprint density at radius 2 is 1.74 bits per heavy atom. The second-order valence-electron chi connectivity index (χ2n) is 6.84. The average Bonchev–Trinajstić information content (AvgIpc) is 2.74. The molecule has 158 valence electrons. The molecule has 0 bridgehead atoms. The Kier molecular flexibility index (Phi) is 7.56. The van der Waals surface area contributed by atoms with Crippen LogP contribution in [0, 0.1) is 13.8 Å². The van der Waals surface area contributed by atoms with Crippen LogP contribution in [0.15, 0.2) is 76.3 Å². The summed E-state index contributed by atoms with van der Waals surface area (Å²) in [6.07, 6.45) is 1.41. The molecule has 0 radical (unpaired) electrons. The molecule has 7 heteroatoms. The molecule has 0 unspecified atom stereocenters. The molecule has 6 nitrogen and oxygen atoms in total. The molecule has 0 aliphatic rings. The summed E-state index contributed by atoms with van der Waals surface area (Å²) in [4.78, 5) is 24.5. The van der Waals surface area contributed by atoms with Crippen LogP contribution in [-0.4, -0.2) is 24.7 Å². The Hall–Kier alpha value is -3.45. The molecule has 3 rings (SSSR count). The SMILES string of the molecule is Cc1cccc(OCC(=O)NN=Cc2cc(Br)ccc2OC(=O)c2cccc(C)c2)c1. The van der Waals surface area contributed by atoms with Gasteiger partial charge >= 0.3 is 5.97 Å². The molecule has 0 fully saturated rings. The Morgan fingerprint density at radius 1 is 1.00 bits per heavy atom. The Labute approximate surface area is 189 Å². The van der Waals surface area contributed by atoms with Gasteiger partial charge in [-0.25, -0.2) is 10.2 Å². The van der Waals surface area contributed by atoms with Crippen LogP contribution in [0.2, 0.25) is 0 Å². The van der Waals surface area contributed by atoms with Crippen LogP contribution in [0.4, 0.5) is 0 Å². The Balaban J connectivity index is 1.62. The van der Waals surface area contributed by atoms with E-state index in [-0.39, 0.29) is 6.61 Å². The van der Waals surface area contributed by atoms with E-state index in [1.807, 2.05) is 38.1 Å². The van der Waals surface area contributed by atoms with Crippen LogP contribution in [0.5, 0.6) is 11.5 Å². The zero-order valence-electron chi connectivity index (χ0n) is 17.1. The molecule has 0 aliphatic carbocycles. The third-order valence-corrected chi connectivity index (χ3v) is 4.67. The lowest BCUT2D eigenvalue weighted by Gasteiger charge is -2.09. The van der Waals surface area contributed by atoms with Crippen molar-refractivity contribution in [3.63, 3.8) is 0 Å². The number of carbonyl (C=O) groups excluding carboxylic acids is 2. The van der Waals surface area contributed by atoms with E-state index in [2.05, 4.69) is 26.5 Å². The summed E-state index contributed by atoms with van der Waals surface area (Å²) >= 11 is 3.38. The van der Waals surface area contributed by atoms with E-state index in [0.717, 1.165) is 15.6 Å². The molecule has 0 heterocycles. The van der Waals surface area contributed by atoms with Gasteiger partial charge in [-0.2, -0.15) is 5.10 Å². The van der Waals surface area contributed by atoms with Gasteiger partial charge in [-0.1, -0.05) is 45.8 Å². The first-order chi connectivity index (χ1) is 14.9. The van der Waals surface area contributed by atoms with Crippen molar-refractivity contribution in [3.8, 4) is 11.5 Å². The molecule has 0 spiro atoms. The number of esters is 1. The number of halogens is 1. The van der Waals surface area contributed by atoms with Crippen LogP contribution >= 0.6 is 15.9 Å². The van der Waals surface area contributed by atoms with Gasteiger partial charge in [0.05, 0.1) is 11.8 Å². The normalized spacial score (nSPS) is 10.7.